The lowest BCUT2D eigenvalue weighted by atomic mass is 10.1. The molecular formula is C14H19NO3S. The van der Waals surface area contributed by atoms with Gasteiger partial charge >= 0.3 is 5.97 Å². The molecule has 19 heavy (non-hydrogen) atoms. The summed E-state index contributed by atoms with van der Waals surface area (Å²) in [5.41, 5.74) is 3.15. The van der Waals surface area contributed by atoms with E-state index in [4.69, 9.17) is 4.74 Å². The molecule has 1 rings (SSSR count). The van der Waals surface area contributed by atoms with Crippen molar-refractivity contribution in [2.24, 2.45) is 0 Å². The molecule has 0 amide bonds. The standard InChI is InChI=1S/C14H19NO3S/c1-5-18-14(17)13-9(2)12(15-10(13)3)7-6-8-19-11(4)16/h6-7,15H,5,8H2,1-4H3. The molecular weight excluding hydrogens is 262 g/mol. The summed E-state index contributed by atoms with van der Waals surface area (Å²) >= 11 is 1.25. The van der Waals surface area contributed by atoms with E-state index in [1.807, 2.05) is 26.0 Å². The number of ether oxygens (including phenoxy) is 1. The van der Waals surface area contributed by atoms with Crippen molar-refractivity contribution in [1.82, 2.24) is 4.98 Å². The van der Waals surface area contributed by atoms with Gasteiger partial charge in [-0.05, 0) is 32.4 Å². The Morgan fingerprint density at radius 3 is 2.63 bits per heavy atom. The predicted octanol–water partition coefficient (Wildman–Crippen LogP) is 3.10. The summed E-state index contributed by atoms with van der Waals surface area (Å²) in [5, 5.41) is 0.0938. The molecule has 1 N–H and O–H groups in total. The first-order valence-electron chi connectivity index (χ1n) is 6.13. The van der Waals surface area contributed by atoms with Crippen LogP contribution in [0, 0.1) is 13.8 Å². The first-order valence-corrected chi connectivity index (χ1v) is 7.12. The highest BCUT2D eigenvalue weighted by molar-refractivity contribution is 8.13. The zero-order valence-corrected chi connectivity index (χ0v) is 12.5. The van der Waals surface area contributed by atoms with Gasteiger partial charge in [0.15, 0.2) is 5.12 Å². The maximum Gasteiger partial charge on any atom is 0.340 e. The fraction of sp³-hybridized carbons (Fsp3) is 0.429. The number of carbonyl (C=O) groups is 2. The number of thioether (sulfide) groups is 1. The van der Waals surface area contributed by atoms with Gasteiger partial charge in [-0.15, -0.1) is 0 Å². The van der Waals surface area contributed by atoms with E-state index < -0.39 is 0 Å². The summed E-state index contributed by atoms with van der Waals surface area (Å²) in [7, 11) is 0. The van der Waals surface area contributed by atoms with Gasteiger partial charge in [0.1, 0.15) is 0 Å². The zero-order chi connectivity index (χ0) is 14.4. The van der Waals surface area contributed by atoms with Crippen LogP contribution in [0.3, 0.4) is 0 Å². The van der Waals surface area contributed by atoms with Gasteiger partial charge in [0.2, 0.25) is 0 Å². The Morgan fingerprint density at radius 1 is 1.37 bits per heavy atom. The van der Waals surface area contributed by atoms with Gasteiger partial charge in [0, 0.05) is 24.1 Å². The molecule has 0 fully saturated rings. The van der Waals surface area contributed by atoms with E-state index in [-0.39, 0.29) is 11.1 Å². The lowest BCUT2D eigenvalue weighted by Crippen LogP contribution is -2.06. The smallest absolute Gasteiger partial charge is 0.340 e. The molecule has 0 unspecified atom stereocenters. The van der Waals surface area contributed by atoms with Gasteiger partial charge < -0.3 is 9.72 Å². The minimum absolute atomic E-state index is 0.0938. The number of aromatic amines is 1. The number of carbonyl (C=O) groups excluding carboxylic acids is 2. The summed E-state index contributed by atoms with van der Waals surface area (Å²) in [6.07, 6.45) is 3.79. The van der Waals surface area contributed by atoms with Crippen molar-refractivity contribution in [1.29, 1.82) is 0 Å². The van der Waals surface area contributed by atoms with Crippen molar-refractivity contribution in [2.45, 2.75) is 27.7 Å². The maximum atomic E-state index is 11.8. The fourth-order valence-electron chi connectivity index (χ4n) is 1.78. The molecule has 0 atom stereocenters. The van der Waals surface area contributed by atoms with Gasteiger partial charge in [0.05, 0.1) is 12.2 Å². The monoisotopic (exact) mass is 281 g/mol. The highest BCUT2D eigenvalue weighted by atomic mass is 32.2. The second kappa shape index (κ2) is 7.19. The highest BCUT2D eigenvalue weighted by Gasteiger charge is 2.17. The van der Waals surface area contributed by atoms with E-state index in [0.717, 1.165) is 17.0 Å². The molecule has 0 spiro atoms. The van der Waals surface area contributed by atoms with Gasteiger partial charge in [0.25, 0.3) is 0 Å². The van der Waals surface area contributed by atoms with Crippen LogP contribution in [0.2, 0.25) is 0 Å². The molecule has 1 aromatic rings. The number of aromatic nitrogens is 1. The molecule has 0 aliphatic carbocycles. The number of H-pyrrole nitrogens is 1. The van der Waals surface area contributed by atoms with Crippen molar-refractivity contribution in [3.8, 4) is 0 Å². The Hall–Kier alpha value is -1.49. The van der Waals surface area contributed by atoms with Crippen LogP contribution >= 0.6 is 11.8 Å². The van der Waals surface area contributed by atoms with E-state index in [1.165, 1.54) is 11.8 Å². The average molecular weight is 281 g/mol. The third kappa shape index (κ3) is 4.28. The van der Waals surface area contributed by atoms with Crippen LogP contribution in [-0.2, 0) is 9.53 Å². The Morgan fingerprint density at radius 2 is 2.05 bits per heavy atom. The average Bonchev–Trinajstić information content (AvgIpc) is 2.60. The van der Waals surface area contributed by atoms with Crippen molar-refractivity contribution in [2.75, 3.05) is 12.4 Å². The van der Waals surface area contributed by atoms with Crippen LogP contribution < -0.4 is 0 Å². The van der Waals surface area contributed by atoms with Crippen LogP contribution in [0.4, 0.5) is 0 Å². The number of rotatable bonds is 5. The first kappa shape index (κ1) is 15.6. The first-order chi connectivity index (χ1) is 8.97. The van der Waals surface area contributed by atoms with Crippen LogP contribution in [-0.4, -0.2) is 28.4 Å². The normalized spacial score (nSPS) is 10.9. The second-order valence-corrected chi connectivity index (χ2v) is 5.29. The molecule has 1 aromatic heterocycles. The number of esters is 1. The molecule has 0 aliphatic heterocycles. The van der Waals surface area contributed by atoms with Gasteiger partial charge in [-0.25, -0.2) is 4.79 Å². The predicted molar refractivity (Wildman–Crippen MR) is 78.4 cm³/mol. The number of aryl methyl sites for hydroxylation is 1. The lowest BCUT2D eigenvalue weighted by Gasteiger charge is -2.01. The summed E-state index contributed by atoms with van der Waals surface area (Å²) in [6, 6.07) is 0. The largest absolute Gasteiger partial charge is 0.462 e. The van der Waals surface area contributed by atoms with E-state index >= 15 is 0 Å². The van der Waals surface area contributed by atoms with Crippen LogP contribution in [0.25, 0.3) is 6.08 Å². The van der Waals surface area contributed by atoms with Crippen molar-refractivity contribution in [3.05, 3.63) is 28.6 Å². The molecule has 0 bridgehead atoms. The molecule has 0 saturated heterocycles. The molecule has 4 nitrogen and oxygen atoms in total. The van der Waals surface area contributed by atoms with Crippen LogP contribution in [0.1, 0.15) is 41.2 Å². The van der Waals surface area contributed by atoms with Crippen molar-refractivity contribution in [3.63, 3.8) is 0 Å². The summed E-state index contributed by atoms with van der Waals surface area (Å²) < 4.78 is 5.03. The SMILES string of the molecule is CCOC(=O)c1c(C)[nH]c(C=CCSC(C)=O)c1C. The molecule has 0 aromatic carbocycles. The number of hydrogen-bond acceptors (Lipinski definition) is 4. The molecule has 0 saturated carbocycles. The summed E-state index contributed by atoms with van der Waals surface area (Å²) in [5.74, 6) is 0.327. The molecule has 5 heteroatoms. The van der Waals surface area contributed by atoms with Gasteiger partial charge in [-0.2, -0.15) is 0 Å². The van der Waals surface area contributed by atoms with E-state index in [1.54, 1.807) is 13.8 Å². The van der Waals surface area contributed by atoms with Gasteiger partial charge in [-0.3, -0.25) is 4.79 Å². The number of hydrogen-bond donors (Lipinski definition) is 1. The Labute approximate surface area is 117 Å². The Kier molecular flexibility index (Phi) is 5.89. The topological polar surface area (TPSA) is 59.2 Å². The fourth-order valence-corrected chi connectivity index (χ4v) is 2.21. The zero-order valence-electron chi connectivity index (χ0n) is 11.7. The van der Waals surface area contributed by atoms with E-state index in [0.29, 0.717) is 17.9 Å². The third-order valence-corrected chi connectivity index (χ3v) is 3.39. The van der Waals surface area contributed by atoms with Crippen molar-refractivity contribution < 1.29 is 14.3 Å². The van der Waals surface area contributed by atoms with Crippen molar-refractivity contribution >= 4 is 28.9 Å². The minimum atomic E-state index is -0.300. The lowest BCUT2D eigenvalue weighted by molar-refractivity contribution is -0.109. The molecule has 1 heterocycles. The summed E-state index contributed by atoms with van der Waals surface area (Å²) in [4.78, 5) is 25.8. The Balaban J connectivity index is 2.84. The quantitative estimate of drug-likeness (QED) is 0.842. The van der Waals surface area contributed by atoms with Crippen LogP contribution in [0.5, 0.6) is 0 Å². The van der Waals surface area contributed by atoms with Gasteiger partial charge in [-0.1, -0.05) is 17.8 Å². The molecule has 104 valence electrons. The molecule has 0 aliphatic rings. The Bertz CT molecular complexity index is 503. The minimum Gasteiger partial charge on any atom is -0.462 e. The van der Waals surface area contributed by atoms with E-state index in [2.05, 4.69) is 4.98 Å². The highest BCUT2D eigenvalue weighted by Crippen LogP contribution is 2.20. The third-order valence-electron chi connectivity index (χ3n) is 2.62. The maximum absolute atomic E-state index is 11.8. The second-order valence-electron chi connectivity index (χ2n) is 4.09. The summed E-state index contributed by atoms with van der Waals surface area (Å²) in [6.45, 7) is 7.42. The molecule has 0 radical (unpaired) electrons. The van der Waals surface area contributed by atoms with Crippen LogP contribution in [0.15, 0.2) is 6.08 Å². The number of nitrogens with one attached hydrogen (secondary N) is 1. The van der Waals surface area contributed by atoms with E-state index in [9.17, 15) is 9.59 Å².